The number of hydrogen-bond donors (Lipinski definition) is 1. The first-order chi connectivity index (χ1) is 7.99. The highest BCUT2D eigenvalue weighted by Gasteiger charge is 2.11. The van der Waals surface area contributed by atoms with Gasteiger partial charge >= 0.3 is 0 Å². The Morgan fingerprint density at radius 2 is 2.24 bits per heavy atom. The Morgan fingerprint density at radius 3 is 2.71 bits per heavy atom. The summed E-state index contributed by atoms with van der Waals surface area (Å²) in [7, 11) is 1.76. The first kappa shape index (κ1) is 11.5. The van der Waals surface area contributed by atoms with Crippen molar-refractivity contribution in [3.8, 4) is 11.4 Å². The van der Waals surface area contributed by atoms with Crippen LogP contribution in [0, 0.1) is 21.8 Å². The van der Waals surface area contributed by atoms with Crippen molar-refractivity contribution in [3.05, 3.63) is 38.6 Å². The van der Waals surface area contributed by atoms with E-state index in [1.54, 1.807) is 24.7 Å². The minimum atomic E-state index is -0.419. The third-order valence-electron chi connectivity index (χ3n) is 2.44. The minimum Gasteiger partial charge on any atom is -0.279 e. The quantitative estimate of drug-likeness (QED) is 0.504. The van der Waals surface area contributed by atoms with Crippen LogP contribution in [-0.4, -0.2) is 19.7 Å². The molecule has 1 heterocycles. The summed E-state index contributed by atoms with van der Waals surface area (Å²) in [4.78, 5) is 14.4. The Labute approximate surface area is 102 Å². The van der Waals surface area contributed by atoms with Crippen LogP contribution in [-0.2, 0) is 7.05 Å². The summed E-state index contributed by atoms with van der Waals surface area (Å²) < 4.78 is 2.06. The van der Waals surface area contributed by atoms with Crippen molar-refractivity contribution in [1.82, 2.24) is 14.8 Å². The van der Waals surface area contributed by atoms with Crippen molar-refractivity contribution in [2.45, 2.75) is 6.92 Å². The molecule has 17 heavy (non-hydrogen) atoms. The van der Waals surface area contributed by atoms with Crippen molar-refractivity contribution in [3.63, 3.8) is 0 Å². The average Bonchev–Trinajstić information content (AvgIpc) is 2.58. The lowest BCUT2D eigenvalue weighted by Gasteiger charge is -2.01. The second-order valence-electron chi connectivity index (χ2n) is 3.67. The number of H-pyrrole nitrogens is 1. The normalized spacial score (nSPS) is 10.5. The highest BCUT2D eigenvalue weighted by Crippen LogP contribution is 2.24. The van der Waals surface area contributed by atoms with Crippen molar-refractivity contribution in [2.24, 2.45) is 7.05 Å². The van der Waals surface area contributed by atoms with E-state index in [9.17, 15) is 10.1 Å². The fourth-order valence-corrected chi connectivity index (χ4v) is 1.69. The maximum Gasteiger partial charge on any atom is 0.269 e. The van der Waals surface area contributed by atoms with E-state index in [1.165, 1.54) is 12.1 Å². The molecule has 88 valence electrons. The zero-order valence-corrected chi connectivity index (χ0v) is 10.1. The maximum absolute atomic E-state index is 10.6. The number of non-ortho nitro benzene ring substituents is 1. The molecule has 0 atom stereocenters. The van der Waals surface area contributed by atoms with Crippen molar-refractivity contribution in [1.29, 1.82) is 0 Å². The summed E-state index contributed by atoms with van der Waals surface area (Å²) in [6.45, 7) is 1.80. The molecule has 2 aromatic rings. The van der Waals surface area contributed by atoms with Crippen LogP contribution in [0.3, 0.4) is 0 Å². The molecule has 0 amide bonds. The van der Waals surface area contributed by atoms with Gasteiger partial charge < -0.3 is 0 Å². The molecule has 0 aliphatic carbocycles. The number of hydrogen-bond acceptors (Lipinski definition) is 4. The number of rotatable bonds is 2. The zero-order chi connectivity index (χ0) is 12.6. The van der Waals surface area contributed by atoms with E-state index in [-0.39, 0.29) is 5.69 Å². The molecule has 0 radical (unpaired) electrons. The van der Waals surface area contributed by atoms with Crippen molar-refractivity contribution < 1.29 is 4.92 Å². The maximum atomic E-state index is 10.6. The molecule has 7 heteroatoms. The largest absolute Gasteiger partial charge is 0.279 e. The smallest absolute Gasteiger partial charge is 0.269 e. The van der Waals surface area contributed by atoms with Crippen LogP contribution < -0.4 is 0 Å². The Balaban J connectivity index is 2.53. The summed E-state index contributed by atoms with van der Waals surface area (Å²) in [5, 5.41) is 13.6. The van der Waals surface area contributed by atoms with Crippen LogP contribution >= 0.6 is 12.2 Å². The lowest BCUT2D eigenvalue weighted by Crippen LogP contribution is -1.93. The fourth-order valence-electron chi connectivity index (χ4n) is 1.55. The van der Waals surface area contributed by atoms with Crippen LogP contribution in [0.2, 0.25) is 0 Å². The molecule has 0 bridgehead atoms. The van der Waals surface area contributed by atoms with E-state index in [0.29, 0.717) is 10.6 Å². The molecule has 0 spiro atoms. The number of benzene rings is 1. The van der Waals surface area contributed by atoms with Gasteiger partial charge in [0.15, 0.2) is 5.82 Å². The molecule has 1 aromatic carbocycles. The summed E-state index contributed by atoms with van der Waals surface area (Å²) in [6.07, 6.45) is 0. The number of nitrogens with zero attached hydrogens (tertiary/aromatic N) is 3. The van der Waals surface area contributed by atoms with Crippen LogP contribution in [0.15, 0.2) is 18.2 Å². The Kier molecular flexibility index (Phi) is 2.76. The summed E-state index contributed by atoms with van der Waals surface area (Å²) in [6, 6.07) is 4.63. The number of aryl methyl sites for hydroxylation is 2. The lowest BCUT2D eigenvalue weighted by molar-refractivity contribution is -0.384. The lowest BCUT2D eigenvalue weighted by atomic mass is 10.1. The Bertz CT molecular complexity index is 644. The van der Waals surface area contributed by atoms with Gasteiger partial charge in [0, 0.05) is 24.7 Å². The standard InChI is InChI=1S/C10H10N4O2S/c1-6-5-7(14(15)16)3-4-8(6)9-11-10(17)13(2)12-9/h3-5H,1-2H3,(H,11,12,17). The number of aromatic amines is 1. The van der Waals surface area contributed by atoms with Crippen LogP contribution in [0.25, 0.3) is 11.4 Å². The molecule has 0 aliphatic heterocycles. The van der Waals surface area contributed by atoms with Crippen LogP contribution in [0.1, 0.15) is 5.56 Å². The fraction of sp³-hybridized carbons (Fsp3) is 0.200. The zero-order valence-electron chi connectivity index (χ0n) is 9.30. The molecule has 0 saturated heterocycles. The van der Waals surface area contributed by atoms with Crippen molar-refractivity contribution >= 4 is 17.9 Å². The van der Waals surface area contributed by atoms with Gasteiger partial charge in [-0.25, -0.2) is 0 Å². The number of aromatic nitrogens is 3. The number of nitro groups is 1. The first-order valence-electron chi connectivity index (χ1n) is 4.87. The van der Waals surface area contributed by atoms with E-state index in [2.05, 4.69) is 10.1 Å². The van der Waals surface area contributed by atoms with E-state index >= 15 is 0 Å². The first-order valence-corrected chi connectivity index (χ1v) is 5.28. The highest BCUT2D eigenvalue weighted by atomic mass is 32.1. The molecular weight excluding hydrogens is 240 g/mol. The third kappa shape index (κ3) is 2.09. The highest BCUT2D eigenvalue weighted by molar-refractivity contribution is 7.71. The van der Waals surface area contributed by atoms with E-state index < -0.39 is 4.92 Å². The molecule has 0 fully saturated rings. The minimum absolute atomic E-state index is 0.0702. The van der Waals surface area contributed by atoms with Gasteiger partial charge in [-0.3, -0.25) is 19.9 Å². The van der Waals surface area contributed by atoms with Gasteiger partial charge in [0.25, 0.3) is 5.69 Å². The molecular formula is C10H10N4O2S. The van der Waals surface area contributed by atoms with Gasteiger partial charge in [-0.1, -0.05) is 0 Å². The molecule has 0 saturated carbocycles. The summed E-state index contributed by atoms with van der Waals surface area (Å²) in [5.74, 6) is 0.616. The van der Waals surface area contributed by atoms with E-state index in [1.807, 2.05) is 0 Å². The Morgan fingerprint density at radius 1 is 1.53 bits per heavy atom. The average molecular weight is 250 g/mol. The Hall–Kier alpha value is -2.02. The monoisotopic (exact) mass is 250 g/mol. The molecule has 6 nitrogen and oxygen atoms in total. The predicted molar refractivity (Wildman–Crippen MR) is 65.2 cm³/mol. The van der Waals surface area contributed by atoms with E-state index in [4.69, 9.17) is 12.2 Å². The second-order valence-corrected chi connectivity index (χ2v) is 4.04. The molecule has 1 N–H and O–H groups in total. The number of nitro benzene ring substituents is 1. The molecule has 0 unspecified atom stereocenters. The van der Waals surface area contributed by atoms with Gasteiger partial charge in [0.05, 0.1) is 4.92 Å². The van der Waals surface area contributed by atoms with E-state index in [0.717, 1.165) is 11.1 Å². The molecule has 2 rings (SSSR count). The third-order valence-corrected chi connectivity index (χ3v) is 2.81. The SMILES string of the molecule is Cc1cc([N+](=O)[O-])ccc1-c1nc(=S)n(C)[nH]1. The molecule has 0 aliphatic rings. The predicted octanol–water partition coefficient (Wildman–Crippen LogP) is 2.36. The van der Waals surface area contributed by atoms with Crippen LogP contribution in [0.5, 0.6) is 0 Å². The topological polar surface area (TPSA) is 76.8 Å². The van der Waals surface area contributed by atoms with Gasteiger partial charge in [0.2, 0.25) is 4.77 Å². The van der Waals surface area contributed by atoms with Crippen LogP contribution in [0.4, 0.5) is 5.69 Å². The van der Waals surface area contributed by atoms with Crippen molar-refractivity contribution in [2.75, 3.05) is 0 Å². The number of nitrogens with one attached hydrogen (secondary N) is 1. The van der Waals surface area contributed by atoms with Gasteiger partial charge in [-0.05, 0) is 30.8 Å². The second kappa shape index (κ2) is 4.10. The van der Waals surface area contributed by atoms with Gasteiger partial charge in [-0.15, -0.1) is 0 Å². The summed E-state index contributed by atoms with van der Waals surface area (Å²) in [5.41, 5.74) is 1.66. The summed E-state index contributed by atoms with van der Waals surface area (Å²) >= 11 is 5.00. The van der Waals surface area contributed by atoms with Gasteiger partial charge in [0.1, 0.15) is 0 Å². The molecule has 1 aromatic heterocycles. The van der Waals surface area contributed by atoms with Gasteiger partial charge in [-0.2, -0.15) is 4.98 Å².